The Balaban J connectivity index is 3.55. The fraction of sp³-hybridized carbons (Fsp3) is 0. The Kier molecular flexibility index (Phi) is 3.05. The van der Waals surface area contributed by atoms with Crippen LogP contribution in [0, 0.1) is 0 Å². The second-order valence-corrected chi connectivity index (χ2v) is 1.58. The molecule has 0 aromatic rings. The SMILES string of the molecule is C=CC(=O)NS(=O)[O-]. The highest BCUT2D eigenvalue weighted by molar-refractivity contribution is 7.77. The monoisotopic (exact) mass is 134 g/mol. The van der Waals surface area contributed by atoms with Crippen molar-refractivity contribution in [3.8, 4) is 0 Å². The molecule has 0 bridgehead atoms. The van der Waals surface area contributed by atoms with Crippen LogP contribution in [0.25, 0.3) is 0 Å². The highest BCUT2D eigenvalue weighted by atomic mass is 32.2. The fourth-order valence-corrected chi connectivity index (χ4v) is 0.371. The standard InChI is InChI=1S/C3H5NO3S/c1-2-3(5)4-8(6)7/h2H,1H2,(H,4,5)(H,6,7)/p-1. The summed E-state index contributed by atoms with van der Waals surface area (Å²) >= 11 is -2.52. The molecule has 8 heavy (non-hydrogen) atoms. The molecule has 0 aliphatic rings. The molecule has 0 spiro atoms. The van der Waals surface area contributed by atoms with Crippen LogP contribution in [0.4, 0.5) is 0 Å². The van der Waals surface area contributed by atoms with Gasteiger partial charge in [0.15, 0.2) is 0 Å². The Morgan fingerprint density at radius 3 is 2.50 bits per heavy atom. The maximum Gasteiger partial charge on any atom is 0.254 e. The molecule has 46 valence electrons. The van der Waals surface area contributed by atoms with Crippen molar-refractivity contribution in [3.05, 3.63) is 12.7 Å². The summed E-state index contributed by atoms with van der Waals surface area (Å²) in [7, 11) is 0. The number of carbonyl (C=O) groups is 1. The van der Waals surface area contributed by atoms with Crippen molar-refractivity contribution < 1.29 is 13.6 Å². The molecular formula is C3H4NO3S-. The van der Waals surface area contributed by atoms with Crippen LogP contribution in [0.2, 0.25) is 0 Å². The zero-order valence-electron chi connectivity index (χ0n) is 3.92. The fourth-order valence-electron chi connectivity index (χ4n) is 0.124. The van der Waals surface area contributed by atoms with Gasteiger partial charge in [0.1, 0.15) is 0 Å². The molecule has 1 atom stereocenters. The number of hydrogen-bond donors (Lipinski definition) is 1. The van der Waals surface area contributed by atoms with Crippen molar-refractivity contribution >= 4 is 17.2 Å². The molecule has 0 aromatic carbocycles. The van der Waals surface area contributed by atoms with Crippen LogP contribution in [0.3, 0.4) is 0 Å². The van der Waals surface area contributed by atoms with Gasteiger partial charge in [-0.15, -0.1) is 0 Å². The van der Waals surface area contributed by atoms with Gasteiger partial charge in [-0.05, 0) is 6.08 Å². The Morgan fingerprint density at radius 2 is 2.38 bits per heavy atom. The summed E-state index contributed by atoms with van der Waals surface area (Å²) in [6.07, 6.45) is 0.871. The quantitative estimate of drug-likeness (QED) is 0.392. The van der Waals surface area contributed by atoms with Crippen LogP contribution in [0.15, 0.2) is 12.7 Å². The van der Waals surface area contributed by atoms with Crippen molar-refractivity contribution in [2.45, 2.75) is 0 Å². The molecule has 5 heteroatoms. The molecule has 0 fully saturated rings. The molecule has 1 unspecified atom stereocenters. The third-order valence-electron chi connectivity index (χ3n) is 0.369. The minimum absolute atomic E-state index is 0.724. The summed E-state index contributed by atoms with van der Waals surface area (Å²) in [6.45, 7) is 3.03. The second-order valence-electron chi connectivity index (χ2n) is 0.905. The van der Waals surface area contributed by atoms with Gasteiger partial charge in [-0.1, -0.05) is 6.58 Å². The number of nitrogens with one attached hydrogen (secondary N) is 1. The van der Waals surface area contributed by atoms with E-state index in [9.17, 15) is 13.6 Å². The maximum absolute atomic E-state index is 10.0. The van der Waals surface area contributed by atoms with E-state index in [4.69, 9.17) is 0 Å². The van der Waals surface area contributed by atoms with Crippen LogP contribution >= 0.6 is 0 Å². The Bertz CT molecular complexity index is 132. The van der Waals surface area contributed by atoms with E-state index in [2.05, 4.69) is 6.58 Å². The third-order valence-corrected chi connectivity index (χ3v) is 0.737. The van der Waals surface area contributed by atoms with E-state index in [-0.39, 0.29) is 0 Å². The summed E-state index contributed by atoms with van der Waals surface area (Å²) in [5, 5.41) is 0. The molecule has 0 radical (unpaired) electrons. The van der Waals surface area contributed by atoms with Gasteiger partial charge in [-0.2, -0.15) is 0 Å². The van der Waals surface area contributed by atoms with Crippen LogP contribution in [-0.4, -0.2) is 14.7 Å². The molecule has 4 nitrogen and oxygen atoms in total. The van der Waals surface area contributed by atoms with Crippen molar-refractivity contribution in [1.29, 1.82) is 0 Å². The van der Waals surface area contributed by atoms with Crippen LogP contribution in [0.5, 0.6) is 0 Å². The van der Waals surface area contributed by atoms with Crippen molar-refractivity contribution in [3.63, 3.8) is 0 Å². The van der Waals surface area contributed by atoms with Gasteiger partial charge < -0.3 is 4.55 Å². The van der Waals surface area contributed by atoms with E-state index in [1.54, 1.807) is 4.72 Å². The molecule has 0 saturated carbocycles. The first-order chi connectivity index (χ1) is 3.66. The average Bonchev–Trinajstić information content (AvgIpc) is 1.65. The molecule has 0 heterocycles. The highest BCUT2D eigenvalue weighted by Crippen LogP contribution is 1.66. The molecule has 0 saturated heterocycles. The zero-order valence-corrected chi connectivity index (χ0v) is 4.73. The van der Waals surface area contributed by atoms with Crippen LogP contribution in [-0.2, 0) is 16.1 Å². The third kappa shape index (κ3) is 3.51. The van der Waals surface area contributed by atoms with Crippen LogP contribution < -0.4 is 4.72 Å². The lowest BCUT2D eigenvalue weighted by Gasteiger charge is -2.01. The van der Waals surface area contributed by atoms with E-state index in [0.29, 0.717) is 0 Å². The number of amides is 1. The van der Waals surface area contributed by atoms with Gasteiger partial charge in [0.25, 0.3) is 5.91 Å². The van der Waals surface area contributed by atoms with E-state index in [0.717, 1.165) is 6.08 Å². The largest absolute Gasteiger partial charge is 0.755 e. The minimum Gasteiger partial charge on any atom is -0.755 e. The lowest BCUT2D eigenvalue weighted by Crippen LogP contribution is -2.22. The number of carbonyl (C=O) groups excluding carboxylic acids is 1. The molecule has 1 amide bonds. The van der Waals surface area contributed by atoms with Gasteiger partial charge >= 0.3 is 0 Å². The number of rotatable bonds is 2. The normalized spacial score (nSPS) is 12.1. The van der Waals surface area contributed by atoms with Gasteiger partial charge in [0.2, 0.25) is 0 Å². The Morgan fingerprint density at radius 1 is 1.88 bits per heavy atom. The zero-order chi connectivity index (χ0) is 6.57. The van der Waals surface area contributed by atoms with E-state index >= 15 is 0 Å². The van der Waals surface area contributed by atoms with Crippen molar-refractivity contribution in [1.82, 2.24) is 4.72 Å². The van der Waals surface area contributed by atoms with Crippen molar-refractivity contribution in [2.24, 2.45) is 0 Å². The molecule has 0 aliphatic heterocycles. The molecule has 0 aliphatic carbocycles. The lowest BCUT2D eigenvalue weighted by molar-refractivity contribution is -0.114. The minimum atomic E-state index is -2.52. The first-order valence-electron chi connectivity index (χ1n) is 1.69. The van der Waals surface area contributed by atoms with Gasteiger partial charge in [-0.25, -0.2) is 0 Å². The lowest BCUT2D eigenvalue weighted by atomic mass is 10.6. The second kappa shape index (κ2) is 3.34. The first kappa shape index (κ1) is 7.32. The smallest absolute Gasteiger partial charge is 0.254 e. The van der Waals surface area contributed by atoms with Gasteiger partial charge in [0.05, 0.1) is 0 Å². The molecule has 1 N–H and O–H groups in total. The summed E-state index contributed by atoms with van der Waals surface area (Å²) in [6, 6.07) is 0. The predicted molar refractivity (Wildman–Crippen MR) is 27.3 cm³/mol. The topological polar surface area (TPSA) is 69.2 Å². The maximum atomic E-state index is 10.0. The highest BCUT2D eigenvalue weighted by Gasteiger charge is 1.87. The predicted octanol–water partition coefficient (Wildman–Crippen LogP) is -0.917. The molecule has 0 aromatic heterocycles. The molecular weight excluding hydrogens is 130 g/mol. The Hall–Kier alpha value is -0.680. The average molecular weight is 134 g/mol. The van der Waals surface area contributed by atoms with Gasteiger partial charge in [-0.3, -0.25) is 13.7 Å². The first-order valence-corrected chi connectivity index (χ1v) is 2.76. The van der Waals surface area contributed by atoms with E-state index < -0.39 is 17.2 Å². The van der Waals surface area contributed by atoms with Crippen molar-refractivity contribution in [2.75, 3.05) is 0 Å². The summed E-state index contributed by atoms with van der Waals surface area (Å²) in [5.41, 5.74) is 0. The van der Waals surface area contributed by atoms with E-state index in [1.807, 2.05) is 0 Å². The van der Waals surface area contributed by atoms with Crippen LogP contribution in [0.1, 0.15) is 0 Å². The summed E-state index contributed by atoms with van der Waals surface area (Å²) < 4.78 is 20.7. The number of hydrogen-bond acceptors (Lipinski definition) is 3. The van der Waals surface area contributed by atoms with E-state index in [1.165, 1.54) is 0 Å². The van der Waals surface area contributed by atoms with Gasteiger partial charge in [0, 0.05) is 11.3 Å². The summed E-state index contributed by atoms with van der Waals surface area (Å²) in [4.78, 5) is 10.0. The summed E-state index contributed by atoms with van der Waals surface area (Å²) in [5.74, 6) is -0.724. The molecule has 0 rings (SSSR count). The Labute approximate surface area is 49.0 Å².